The molecule has 17 heavy (non-hydrogen) atoms. The highest BCUT2D eigenvalue weighted by molar-refractivity contribution is 6.35. The molecular formula is C13H9ClN2O. The molecule has 4 heteroatoms. The van der Waals surface area contributed by atoms with Crippen LogP contribution < -0.4 is 0 Å². The number of pyridine rings is 1. The molecule has 0 N–H and O–H groups in total. The van der Waals surface area contributed by atoms with Gasteiger partial charge in [0, 0.05) is 11.6 Å². The van der Waals surface area contributed by atoms with Gasteiger partial charge in [0.2, 0.25) is 0 Å². The van der Waals surface area contributed by atoms with E-state index in [0.29, 0.717) is 10.7 Å². The van der Waals surface area contributed by atoms with Gasteiger partial charge in [0.25, 0.3) is 0 Å². The standard InChI is InChI=1S/C13H9ClN2O/c1-8-5-12-15-9(7-17)6-16(12)13-10(8)3-2-4-11(13)14/h2-7H,1H3. The van der Waals surface area contributed by atoms with E-state index in [1.807, 2.05) is 35.6 Å². The molecule has 1 aromatic carbocycles. The van der Waals surface area contributed by atoms with Crippen LogP contribution in [0.1, 0.15) is 16.1 Å². The first-order valence-electron chi connectivity index (χ1n) is 5.23. The summed E-state index contributed by atoms with van der Waals surface area (Å²) in [5.41, 5.74) is 3.14. The number of fused-ring (bicyclic) bond motifs is 3. The molecule has 2 aromatic heterocycles. The van der Waals surface area contributed by atoms with Gasteiger partial charge in [-0.15, -0.1) is 0 Å². The predicted octanol–water partition coefficient (Wildman–Crippen LogP) is 3.26. The summed E-state index contributed by atoms with van der Waals surface area (Å²) in [6.45, 7) is 2.01. The normalized spacial score (nSPS) is 11.2. The molecule has 3 nitrogen and oxygen atoms in total. The van der Waals surface area contributed by atoms with Gasteiger partial charge in [0.05, 0.1) is 10.5 Å². The highest BCUT2D eigenvalue weighted by atomic mass is 35.5. The number of aryl methyl sites for hydroxylation is 1. The summed E-state index contributed by atoms with van der Waals surface area (Å²) < 4.78 is 1.86. The summed E-state index contributed by atoms with van der Waals surface area (Å²) in [6.07, 6.45) is 2.45. The van der Waals surface area contributed by atoms with Crippen molar-refractivity contribution in [2.45, 2.75) is 6.92 Å². The van der Waals surface area contributed by atoms with Crippen molar-refractivity contribution in [2.75, 3.05) is 0 Å². The van der Waals surface area contributed by atoms with Crippen LogP contribution in [0.4, 0.5) is 0 Å². The Hall–Kier alpha value is -1.87. The van der Waals surface area contributed by atoms with Crippen LogP contribution >= 0.6 is 11.6 Å². The SMILES string of the molecule is Cc1cc2nc(C=O)cn2c2c(Cl)cccc12. The number of nitrogens with zero attached hydrogens (tertiary/aromatic N) is 2. The molecule has 3 aromatic rings. The van der Waals surface area contributed by atoms with Crippen molar-refractivity contribution in [1.82, 2.24) is 9.38 Å². The molecule has 3 rings (SSSR count). The molecule has 0 atom stereocenters. The molecule has 0 aliphatic heterocycles. The molecule has 0 aliphatic rings. The summed E-state index contributed by atoms with van der Waals surface area (Å²) in [4.78, 5) is 15.0. The molecule has 0 aliphatic carbocycles. The van der Waals surface area contributed by atoms with Crippen LogP contribution in [0.15, 0.2) is 30.5 Å². The van der Waals surface area contributed by atoms with E-state index in [1.54, 1.807) is 6.20 Å². The van der Waals surface area contributed by atoms with Crippen molar-refractivity contribution in [3.8, 4) is 0 Å². The van der Waals surface area contributed by atoms with Gasteiger partial charge in [-0.05, 0) is 24.6 Å². The zero-order chi connectivity index (χ0) is 12.0. The van der Waals surface area contributed by atoms with Crippen molar-refractivity contribution in [2.24, 2.45) is 0 Å². The van der Waals surface area contributed by atoms with Gasteiger partial charge in [0.15, 0.2) is 6.29 Å². The van der Waals surface area contributed by atoms with Crippen LogP contribution in [0.2, 0.25) is 5.02 Å². The molecular weight excluding hydrogens is 236 g/mol. The lowest BCUT2D eigenvalue weighted by Crippen LogP contribution is -1.90. The zero-order valence-electron chi connectivity index (χ0n) is 9.14. The van der Waals surface area contributed by atoms with Gasteiger partial charge in [-0.1, -0.05) is 23.7 Å². The molecule has 0 unspecified atom stereocenters. The van der Waals surface area contributed by atoms with E-state index in [-0.39, 0.29) is 0 Å². The van der Waals surface area contributed by atoms with E-state index in [9.17, 15) is 4.79 Å². The van der Waals surface area contributed by atoms with Gasteiger partial charge < -0.3 is 0 Å². The van der Waals surface area contributed by atoms with Crippen LogP contribution in [-0.2, 0) is 0 Å². The zero-order valence-corrected chi connectivity index (χ0v) is 9.90. The molecule has 0 spiro atoms. The molecule has 0 radical (unpaired) electrons. The smallest absolute Gasteiger partial charge is 0.170 e. The lowest BCUT2D eigenvalue weighted by atomic mass is 10.1. The fraction of sp³-hybridized carbons (Fsp3) is 0.0769. The quantitative estimate of drug-likeness (QED) is 0.616. The molecule has 0 bridgehead atoms. The highest BCUT2D eigenvalue weighted by Gasteiger charge is 2.09. The minimum absolute atomic E-state index is 0.414. The Balaban J connectivity index is 2.60. The van der Waals surface area contributed by atoms with Crippen molar-refractivity contribution in [3.63, 3.8) is 0 Å². The Labute approximate surface area is 103 Å². The van der Waals surface area contributed by atoms with Gasteiger partial charge in [0.1, 0.15) is 11.3 Å². The van der Waals surface area contributed by atoms with E-state index in [0.717, 1.165) is 28.4 Å². The van der Waals surface area contributed by atoms with Crippen LogP contribution in [0, 0.1) is 6.92 Å². The summed E-state index contributed by atoms with van der Waals surface area (Å²) in [7, 11) is 0. The molecule has 0 saturated heterocycles. The number of rotatable bonds is 1. The number of halogens is 1. The van der Waals surface area contributed by atoms with Crippen LogP contribution in [0.3, 0.4) is 0 Å². The second-order valence-electron chi connectivity index (χ2n) is 3.98. The minimum Gasteiger partial charge on any atom is -0.297 e. The summed E-state index contributed by atoms with van der Waals surface area (Å²) in [5, 5.41) is 1.73. The summed E-state index contributed by atoms with van der Waals surface area (Å²) in [6, 6.07) is 7.71. The van der Waals surface area contributed by atoms with Crippen molar-refractivity contribution < 1.29 is 4.79 Å². The molecule has 0 fully saturated rings. The lowest BCUT2D eigenvalue weighted by molar-refractivity contribution is 0.111. The Morgan fingerprint density at radius 3 is 3.00 bits per heavy atom. The average molecular weight is 245 g/mol. The maximum atomic E-state index is 10.8. The molecule has 84 valence electrons. The third-order valence-electron chi connectivity index (χ3n) is 2.87. The Kier molecular flexibility index (Phi) is 2.16. The lowest BCUT2D eigenvalue weighted by Gasteiger charge is -2.06. The minimum atomic E-state index is 0.414. The molecule has 0 saturated carbocycles. The first-order chi connectivity index (χ1) is 8.20. The first-order valence-corrected chi connectivity index (χ1v) is 5.60. The second-order valence-corrected chi connectivity index (χ2v) is 4.38. The van der Waals surface area contributed by atoms with E-state index < -0.39 is 0 Å². The van der Waals surface area contributed by atoms with E-state index in [4.69, 9.17) is 11.6 Å². The molecule has 2 heterocycles. The fourth-order valence-electron chi connectivity index (χ4n) is 2.10. The number of carbonyl (C=O) groups excluding carboxylic acids is 1. The van der Waals surface area contributed by atoms with E-state index in [1.165, 1.54) is 0 Å². The van der Waals surface area contributed by atoms with Gasteiger partial charge in [-0.2, -0.15) is 0 Å². The monoisotopic (exact) mass is 244 g/mol. The second kappa shape index (κ2) is 3.57. The number of hydrogen-bond donors (Lipinski definition) is 0. The Morgan fingerprint density at radius 1 is 1.41 bits per heavy atom. The topological polar surface area (TPSA) is 34.4 Å². The van der Waals surface area contributed by atoms with Gasteiger partial charge >= 0.3 is 0 Å². The number of imidazole rings is 1. The van der Waals surface area contributed by atoms with Crippen LogP contribution in [0.5, 0.6) is 0 Å². The number of aromatic nitrogens is 2. The predicted molar refractivity (Wildman–Crippen MR) is 67.8 cm³/mol. The van der Waals surface area contributed by atoms with Crippen molar-refractivity contribution in [1.29, 1.82) is 0 Å². The highest BCUT2D eigenvalue weighted by Crippen LogP contribution is 2.27. The first kappa shape index (κ1) is 10.3. The van der Waals surface area contributed by atoms with Gasteiger partial charge in [-0.3, -0.25) is 9.20 Å². The summed E-state index contributed by atoms with van der Waals surface area (Å²) in [5.74, 6) is 0. The third kappa shape index (κ3) is 1.43. The maximum Gasteiger partial charge on any atom is 0.170 e. The Morgan fingerprint density at radius 2 is 2.24 bits per heavy atom. The Bertz CT molecular complexity index is 746. The number of hydrogen-bond acceptors (Lipinski definition) is 2. The van der Waals surface area contributed by atoms with E-state index in [2.05, 4.69) is 4.98 Å². The average Bonchev–Trinajstić information content (AvgIpc) is 2.72. The van der Waals surface area contributed by atoms with Gasteiger partial charge in [-0.25, -0.2) is 4.98 Å². The van der Waals surface area contributed by atoms with Crippen LogP contribution in [0.25, 0.3) is 16.6 Å². The van der Waals surface area contributed by atoms with Crippen molar-refractivity contribution in [3.05, 3.63) is 46.7 Å². The van der Waals surface area contributed by atoms with Crippen molar-refractivity contribution >= 4 is 34.4 Å². The fourth-order valence-corrected chi connectivity index (χ4v) is 2.37. The maximum absolute atomic E-state index is 10.8. The van der Waals surface area contributed by atoms with Crippen LogP contribution in [-0.4, -0.2) is 15.7 Å². The van der Waals surface area contributed by atoms with E-state index >= 15 is 0 Å². The number of benzene rings is 1. The number of para-hydroxylation sites is 1. The largest absolute Gasteiger partial charge is 0.297 e. The third-order valence-corrected chi connectivity index (χ3v) is 3.18. The molecule has 0 amide bonds. The number of aldehydes is 1. The number of carbonyl (C=O) groups is 1. The summed E-state index contributed by atoms with van der Waals surface area (Å²) >= 11 is 6.22.